The van der Waals surface area contributed by atoms with Crippen molar-refractivity contribution in [1.82, 2.24) is 9.97 Å². The Bertz CT molecular complexity index is 541. The molecule has 1 saturated heterocycles. The molecule has 0 spiro atoms. The van der Waals surface area contributed by atoms with E-state index in [0.717, 1.165) is 22.4 Å². The van der Waals surface area contributed by atoms with Crippen LogP contribution in [0, 0.1) is 0 Å². The number of fused-ring (bicyclic) bond motifs is 1. The maximum atomic E-state index is 5.75. The van der Waals surface area contributed by atoms with E-state index < -0.39 is 0 Å². The largest absolute Gasteiger partial charge is 0.341 e. The van der Waals surface area contributed by atoms with Gasteiger partial charge in [-0.25, -0.2) is 4.98 Å². The van der Waals surface area contributed by atoms with Gasteiger partial charge in [-0.2, -0.15) is 0 Å². The van der Waals surface area contributed by atoms with E-state index in [1.54, 1.807) is 0 Å². The van der Waals surface area contributed by atoms with E-state index in [2.05, 4.69) is 24.0 Å². The summed E-state index contributed by atoms with van der Waals surface area (Å²) in [5.74, 6) is 2.34. The Morgan fingerprint density at radius 2 is 2.41 bits per heavy atom. The Morgan fingerprint density at radius 3 is 3.12 bits per heavy atom. The number of hydrogen-bond donors (Lipinski definition) is 2. The van der Waals surface area contributed by atoms with Crippen LogP contribution in [0.1, 0.15) is 31.2 Å². The van der Waals surface area contributed by atoms with Gasteiger partial charge in [0.1, 0.15) is 5.82 Å². The Labute approximate surface area is 105 Å². The molecule has 4 heteroatoms. The maximum Gasteiger partial charge on any atom is 0.123 e. The molecule has 0 bridgehead atoms. The van der Waals surface area contributed by atoms with Crippen LogP contribution in [0.25, 0.3) is 11.0 Å². The Balaban J connectivity index is 2.13. The SMILES string of the molecule is CC1(c2nc3c(CN)cccc3[nH]2)CCCS1. The number of nitrogens with zero attached hydrogens (tertiary/aromatic N) is 1. The molecule has 0 radical (unpaired) electrons. The fourth-order valence-corrected chi connectivity index (χ4v) is 3.73. The molecule has 2 heterocycles. The third-order valence-corrected chi connectivity index (χ3v) is 5.06. The molecule has 3 rings (SSSR count). The second kappa shape index (κ2) is 4.03. The van der Waals surface area contributed by atoms with Gasteiger partial charge >= 0.3 is 0 Å². The van der Waals surface area contributed by atoms with E-state index in [0.29, 0.717) is 6.54 Å². The smallest absolute Gasteiger partial charge is 0.123 e. The normalized spacial score (nSPS) is 24.6. The third-order valence-electron chi connectivity index (χ3n) is 3.54. The third kappa shape index (κ3) is 1.76. The molecule has 0 aliphatic carbocycles. The first kappa shape index (κ1) is 11.1. The lowest BCUT2D eigenvalue weighted by Crippen LogP contribution is -2.14. The zero-order valence-electron chi connectivity index (χ0n) is 9.99. The molecular weight excluding hydrogens is 230 g/mol. The van der Waals surface area contributed by atoms with Gasteiger partial charge in [-0.3, -0.25) is 0 Å². The zero-order valence-corrected chi connectivity index (χ0v) is 10.8. The molecule has 1 fully saturated rings. The highest BCUT2D eigenvalue weighted by Gasteiger charge is 2.34. The molecule has 0 saturated carbocycles. The minimum atomic E-state index is 0.158. The highest BCUT2D eigenvalue weighted by Crippen LogP contribution is 2.45. The molecule has 1 unspecified atom stereocenters. The lowest BCUT2D eigenvalue weighted by atomic mass is 10.1. The number of rotatable bonds is 2. The molecule has 1 atom stereocenters. The van der Waals surface area contributed by atoms with Crippen LogP contribution >= 0.6 is 11.8 Å². The molecule has 3 nitrogen and oxygen atoms in total. The van der Waals surface area contributed by atoms with E-state index in [-0.39, 0.29) is 4.75 Å². The van der Waals surface area contributed by atoms with Crippen molar-refractivity contribution in [3.8, 4) is 0 Å². The van der Waals surface area contributed by atoms with Crippen LogP contribution in [0.3, 0.4) is 0 Å². The maximum absolute atomic E-state index is 5.75. The van der Waals surface area contributed by atoms with Gasteiger partial charge in [0.15, 0.2) is 0 Å². The first-order valence-corrected chi connectivity index (χ1v) is 7.03. The Kier molecular flexibility index (Phi) is 2.64. The molecule has 90 valence electrons. The Hall–Kier alpha value is -1.000. The predicted octanol–water partition coefficient (Wildman–Crippen LogP) is 2.76. The fourth-order valence-electron chi connectivity index (χ4n) is 2.47. The van der Waals surface area contributed by atoms with Crippen LogP contribution in [0.5, 0.6) is 0 Å². The van der Waals surface area contributed by atoms with Crippen LogP contribution < -0.4 is 5.73 Å². The van der Waals surface area contributed by atoms with E-state index in [1.807, 2.05) is 17.8 Å². The van der Waals surface area contributed by atoms with Gasteiger partial charge in [0, 0.05) is 6.54 Å². The number of thioether (sulfide) groups is 1. The quantitative estimate of drug-likeness (QED) is 0.858. The van der Waals surface area contributed by atoms with Crippen LogP contribution in [-0.4, -0.2) is 15.7 Å². The first-order valence-electron chi connectivity index (χ1n) is 6.05. The van der Waals surface area contributed by atoms with E-state index in [9.17, 15) is 0 Å². The molecule has 3 N–H and O–H groups in total. The lowest BCUT2D eigenvalue weighted by Gasteiger charge is -2.19. The monoisotopic (exact) mass is 247 g/mol. The van der Waals surface area contributed by atoms with Crippen LogP contribution in [0.15, 0.2) is 18.2 Å². The molecule has 1 aliphatic rings. The topological polar surface area (TPSA) is 54.7 Å². The van der Waals surface area contributed by atoms with Crippen molar-refractivity contribution in [1.29, 1.82) is 0 Å². The van der Waals surface area contributed by atoms with Gasteiger partial charge in [-0.15, -0.1) is 11.8 Å². The van der Waals surface area contributed by atoms with Crippen molar-refractivity contribution in [2.45, 2.75) is 31.1 Å². The molecule has 1 aromatic carbocycles. The lowest BCUT2D eigenvalue weighted by molar-refractivity contribution is 0.614. The minimum absolute atomic E-state index is 0.158. The summed E-state index contributed by atoms with van der Waals surface area (Å²) in [4.78, 5) is 8.25. The summed E-state index contributed by atoms with van der Waals surface area (Å²) in [7, 11) is 0. The number of nitrogens with two attached hydrogens (primary N) is 1. The summed E-state index contributed by atoms with van der Waals surface area (Å²) in [6.07, 6.45) is 2.48. The first-order chi connectivity index (χ1) is 8.23. The van der Waals surface area contributed by atoms with Gasteiger partial charge in [-0.1, -0.05) is 12.1 Å². The summed E-state index contributed by atoms with van der Waals surface area (Å²) in [5, 5.41) is 0. The van der Waals surface area contributed by atoms with Gasteiger partial charge in [0.2, 0.25) is 0 Å². The molecular formula is C13H17N3S. The number of benzene rings is 1. The van der Waals surface area contributed by atoms with Gasteiger partial charge < -0.3 is 10.7 Å². The second-order valence-electron chi connectivity index (χ2n) is 4.79. The average molecular weight is 247 g/mol. The summed E-state index contributed by atoms with van der Waals surface area (Å²) in [6.45, 7) is 2.83. The summed E-state index contributed by atoms with van der Waals surface area (Å²) < 4.78 is 0.158. The van der Waals surface area contributed by atoms with Crippen molar-refractivity contribution < 1.29 is 0 Å². The minimum Gasteiger partial charge on any atom is -0.341 e. The number of para-hydroxylation sites is 1. The molecule has 1 aliphatic heterocycles. The number of aromatic amines is 1. The molecule has 0 amide bonds. The average Bonchev–Trinajstić information content (AvgIpc) is 2.95. The van der Waals surface area contributed by atoms with Crippen LogP contribution in [0.2, 0.25) is 0 Å². The Morgan fingerprint density at radius 1 is 1.53 bits per heavy atom. The van der Waals surface area contributed by atoms with E-state index in [4.69, 9.17) is 10.7 Å². The van der Waals surface area contributed by atoms with E-state index in [1.165, 1.54) is 18.6 Å². The van der Waals surface area contributed by atoms with Crippen LogP contribution in [-0.2, 0) is 11.3 Å². The molecule has 1 aromatic heterocycles. The summed E-state index contributed by atoms with van der Waals surface area (Å²) in [6, 6.07) is 6.17. The van der Waals surface area contributed by atoms with Gasteiger partial charge in [-0.05, 0) is 37.1 Å². The number of hydrogen-bond acceptors (Lipinski definition) is 3. The van der Waals surface area contributed by atoms with Crippen molar-refractivity contribution in [2.24, 2.45) is 5.73 Å². The highest BCUT2D eigenvalue weighted by atomic mass is 32.2. The fraction of sp³-hybridized carbons (Fsp3) is 0.462. The number of nitrogens with one attached hydrogen (secondary N) is 1. The number of H-pyrrole nitrogens is 1. The van der Waals surface area contributed by atoms with E-state index >= 15 is 0 Å². The van der Waals surface area contributed by atoms with Crippen molar-refractivity contribution in [3.63, 3.8) is 0 Å². The standard InChI is InChI=1S/C13H17N3S/c1-13(6-3-7-17-13)12-15-10-5-2-4-9(8-14)11(10)16-12/h2,4-5H,3,6-8,14H2,1H3,(H,15,16). The summed E-state index contributed by atoms with van der Waals surface area (Å²) in [5.41, 5.74) is 9.02. The van der Waals surface area contributed by atoms with Crippen molar-refractivity contribution >= 4 is 22.8 Å². The molecule has 2 aromatic rings. The van der Waals surface area contributed by atoms with Gasteiger partial charge in [0.05, 0.1) is 15.8 Å². The van der Waals surface area contributed by atoms with Crippen molar-refractivity contribution in [2.75, 3.05) is 5.75 Å². The van der Waals surface area contributed by atoms with Gasteiger partial charge in [0.25, 0.3) is 0 Å². The predicted molar refractivity (Wildman–Crippen MR) is 73.0 cm³/mol. The van der Waals surface area contributed by atoms with Crippen LogP contribution in [0.4, 0.5) is 0 Å². The number of imidazole rings is 1. The number of aromatic nitrogens is 2. The summed E-state index contributed by atoms with van der Waals surface area (Å²) >= 11 is 2.00. The highest BCUT2D eigenvalue weighted by molar-refractivity contribution is 8.00. The second-order valence-corrected chi connectivity index (χ2v) is 6.38. The van der Waals surface area contributed by atoms with Crippen molar-refractivity contribution in [3.05, 3.63) is 29.6 Å². The molecule has 17 heavy (non-hydrogen) atoms. The zero-order chi connectivity index (χ0) is 11.9.